The van der Waals surface area contributed by atoms with Gasteiger partial charge in [0.05, 0.1) is 12.1 Å². The molecule has 2 N–H and O–H groups in total. The van der Waals surface area contributed by atoms with Gasteiger partial charge in [-0.05, 0) is 6.42 Å². The Kier molecular flexibility index (Phi) is 4.31. The molecule has 100 valence electrons. The molecule has 5 nitrogen and oxygen atoms in total. The minimum atomic E-state index is 0.0964. The predicted molar refractivity (Wildman–Crippen MR) is 72.4 cm³/mol. The van der Waals surface area contributed by atoms with E-state index in [2.05, 4.69) is 9.88 Å². The molecule has 1 aliphatic rings. The lowest BCUT2D eigenvalue weighted by Crippen LogP contribution is -2.26. The first-order valence-electron chi connectivity index (χ1n) is 6.16. The summed E-state index contributed by atoms with van der Waals surface area (Å²) in [5, 5.41) is 2.94. The van der Waals surface area contributed by atoms with Crippen LogP contribution in [0.5, 0.6) is 0 Å². The van der Waals surface area contributed by atoms with E-state index < -0.39 is 0 Å². The average molecular weight is 268 g/mol. The van der Waals surface area contributed by atoms with Crippen molar-refractivity contribution in [3.05, 3.63) is 16.1 Å². The van der Waals surface area contributed by atoms with Crippen molar-refractivity contribution >= 4 is 17.2 Å². The zero-order valence-corrected chi connectivity index (χ0v) is 11.7. The number of nitrogens with two attached hydrogens (primary N) is 1. The minimum absolute atomic E-state index is 0.0964. The predicted octanol–water partition coefficient (Wildman–Crippen LogP) is 0.307. The summed E-state index contributed by atoms with van der Waals surface area (Å²) < 4.78 is 0. The fourth-order valence-electron chi connectivity index (χ4n) is 2.03. The maximum absolute atomic E-state index is 11.6. The van der Waals surface area contributed by atoms with E-state index in [-0.39, 0.29) is 5.91 Å². The molecule has 18 heavy (non-hydrogen) atoms. The first-order chi connectivity index (χ1) is 8.54. The van der Waals surface area contributed by atoms with E-state index in [1.165, 1.54) is 0 Å². The zero-order chi connectivity index (χ0) is 13.1. The van der Waals surface area contributed by atoms with Gasteiger partial charge in [-0.3, -0.25) is 9.69 Å². The molecule has 0 aliphatic carbocycles. The van der Waals surface area contributed by atoms with Crippen molar-refractivity contribution in [3.63, 3.8) is 0 Å². The van der Waals surface area contributed by atoms with Crippen LogP contribution in [0.2, 0.25) is 0 Å². The van der Waals surface area contributed by atoms with Gasteiger partial charge in [0.15, 0.2) is 0 Å². The van der Waals surface area contributed by atoms with Crippen LogP contribution < -0.4 is 5.73 Å². The van der Waals surface area contributed by atoms with Crippen LogP contribution in [-0.2, 0) is 17.8 Å². The number of carbonyl (C=O) groups is 1. The summed E-state index contributed by atoms with van der Waals surface area (Å²) in [4.78, 5) is 20.0. The van der Waals surface area contributed by atoms with Gasteiger partial charge in [-0.2, -0.15) is 0 Å². The number of rotatable bonds is 4. The lowest BCUT2D eigenvalue weighted by Gasteiger charge is -2.12. The number of likely N-dealkylation sites (N-methyl/N-ethyl adjacent to an activating group) is 1. The van der Waals surface area contributed by atoms with Crippen molar-refractivity contribution in [2.75, 3.05) is 27.2 Å². The molecule has 1 saturated heterocycles. The molecule has 1 amide bonds. The van der Waals surface area contributed by atoms with Gasteiger partial charge >= 0.3 is 0 Å². The van der Waals surface area contributed by atoms with Gasteiger partial charge in [0.25, 0.3) is 0 Å². The highest BCUT2D eigenvalue weighted by molar-refractivity contribution is 7.09. The van der Waals surface area contributed by atoms with E-state index >= 15 is 0 Å². The quantitative estimate of drug-likeness (QED) is 0.853. The van der Waals surface area contributed by atoms with Gasteiger partial charge in [-0.1, -0.05) is 0 Å². The summed E-state index contributed by atoms with van der Waals surface area (Å²) >= 11 is 1.56. The van der Waals surface area contributed by atoms with Crippen molar-refractivity contribution in [2.45, 2.75) is 25.4 Å². The molecule has 0 radical (unpaired) electrons. The van der Waals surface area contributed by atoms with E-state index in [4.69, 9.17) is 5.73 Å². The summed E-state index contributed by atoms with van der Waals surface area (Å²) in [5.41, 5.74) is 6.93. The van der Waals surface area contributed by atoms with Gasteiger partial charge in [0, 0.05) is 45.2 Å². The molecule has 2 rings (SSSR count). The van der Waals surface area contributed by atoms with E-state index in [0.29, 0.717) is 12.5 Å². The smallest absolute Gasteiger partial charge is 0.228 e. The highest BCUT2D eigenvalue weighted by atomic mass is 32.1. The first-order valence-corrected chi connectivity index (χ1v) is 7.04. The number of amides is 1. The molecule has 1 aromatic heterocycles. The molecular weight excluding hydrogens is 248 g/mol. The van der Waals surface area contributed by atoms with Crippen LogP contribution in [0.3, 0.4) is 0 Å². The fraction of sp³-hybridized carbons (Fsp3) is 0.667. The topological polar surface area (TPSA) is 62.5 Å². The van der Waals surface area contributed by atoms with Crippen LogP contribution in [0.4, 0.5) is 0 Å². The average Bonchev–Trinajstić information content (AvgIpc) is 2.89. The zero-order valence-electron chi connectivity index (χ0n) is 10.9. The lowest BCUT2D eigenvalue weighted by molar-refractivity contribution is -0.127. The van der Waals surface area contributed by atoms with Crippen molar-refractivity contribution in [1.82, 2.24) is 14.8 Å². The Bertz CT molecular complexity index is 418. The third kappa shape index (κ3) is 3.51. The number of likely N-dealkylation sites (tertiary alicyclic amines) is 1. The summed E-state index contributed by atoms with van der Waals surface area (Å²) in [6.45, 7) is 2.84. The van der Waals surface area contributed by atoms with E-state index in [9.17, 15) is 4.79 Å². The van der Waals surface area contributed by atoms with Crippen molar-refractivity contribution in [3.8, 4) is 0 Å². The van der Waals surface area contributed by atoms with Gasteiger partial charge in [-0.15, -0.1) is 11.3 Å². The second kappa shape index (κ2) is 5.77. The highest BCUT2D eigenvalue weighted by Crippen LogP contribution is 2.16. The maximum atomic E-state index is 11.6. The summed E-state index contributed by atoms with van der Waals surface area (Å²) in [7, 11) is 3.53. The maximum Gasteiger partial charge on any atom is 0.228 e. The monoisotopic (exact) mass is 268 g/mol. The molecule has 1 atom stereocenters. The Labute approximate surface area is 112 Å². The SMILES string of the molecule is CN(C)C(=O)Cc1nc(CN2CC[C@H](N)C2)cs1. The number of aromatic nitrogens is 1. The van der Waals surface area contributed by atoms with Crippen LogP contribution in [0.15, 0.2) is 5.38 Å². The lowest BCUT2D eigenvalue weighted by atomic mass is 10.3. The van der Waals surface area contributed by atoms with E-state index in [0.717, 1.165) is 36.8 Å². The van der Waals surface area contributed by atoms with E-state index in [1.54, 1.807) is 30.3 Å². The van der Waals surface area contributed by atoms with Gasteiger partial charge in [0.1, 0.15) is 5.01 Å². The normalized spacial score (nSPS) is 20.3. The molecule has 0 saturated carbocycles. The summed E-state index contributed by atoms with van der Waals surface area (Å²) in [6, 6.07) is 0.304. The van der Waals surface area contributed by atoms with Crippen LogP contribution in [0, 0.1) is 0 Å². The molecule has 0 bridgehead atoms. The Morgan fingerprint density at radius 3 is 3.06 bits per heavy atom. The van der Waals surface area contributed by atoms with Crippen LogP contribution >= 0.6 is 11.3 Å². The minimum Gasteiger partial charge on any atom is -0.348 e. The molecule has 0 unspecified atom stereocenters. The first kappa shape index (κ1) is 13.5. The van der Waals surface area contributed by atoms with Gasteiger partial charge in [0.2, 0.25) is 5.91 Å². The molecule has 0 spiro atoms. The molecular formula is C12H20N4OS. The van der Waals surface area contributed by atoms with Gasteiger partial charge < -0.3 is 10.6 Å². The fourth-order valence-corrected chi connectivity index (χ4v) is 2.80. The Morgan fingerprint density at radius 2 is 2.44 bits per heavy atom. The number of hydrogen-bond acceptors (Lipinski definition) is 5. The molecule has 0 aromatic carbocycles. The van der Waals surface area contributed by atoms with Crippen molar-refractivity contribution < 1.29 is 4.79 Å². The molecule has 1 aliphatic heterocycles. The summed E-state index contributed by atoms with van der Waals surface area (Å²) in [5.74, 6) is 0.0964. The third-order valence-electron chi connectivity index (χ3n) is 3.09. The van der Waals surface area contributed by atoms with Crippen LogP contribution in [0.1, 0.15) is 17.1 Å². The van der Waals surface area contributed by atoms with E-state index in [1.807, 2.05) is 5.38 Å². The van der Waals surface area contributed by atoms with Crippen molar-refractivity contribution in [2.24, 2.45) is 5.73 Å². The molecule has 1 aromatic rings. The van der Waals surface area contributed by atoms with Gasteiger partial charge in [-0.25, -0.2) is 4.98 Å². The number of nitrogens with zero attached hydrogens (tertiary/aromatic N) is 3. The van der Waals surface area contributed by atoms with Crippen LogP contribution in [0.25, 0.3) is 0 Å². The second-order valence-electron chi connectivity index (χ2n) is 4.98. The number of thiazole rings is 1. The number of hydrogen-bond donors (Lipinski definition) is 1. The number of carbonyl (C=O) groups excluding carboxylic acids is 1. The summed E-state index contributed by atoms with van der Waals surface area (Å²) in [6.07, 6.45) is 1.47. The largest absolute Gasteiger partial charge is 0.348 e. The standard InChI is InChI=1S/C12H20N4OS/c1-15(2)12(17)5-11-14-10(8-18-11)7-16-4-3-9(13)6-16/h8-9H,3-7,13H2,1-2H3/t9-/m0/s1. The van der Waals surface area contributed by atoms with Crippen LogP contribution in [-0.4, -0.2) is 53.9 Å². The Hall–Kier alpha value is -0.980. The molecule has 6 heteroatoms. The highest BCUT2D eigenvalue weighted by Gasteiger charge is 2.20. The second-order valence-corrected chi connectivity index (χ2v) is 5.92. The Balaban J connectivity index is 1.88. The van der Waals surface area contributed by atoms with Crippen molar-refractivity contribution in [1.29, 1.82) is 0 Å². The Morgan fingerprint density at radius 1 is 1.67 bits per heavy atom. The third-order valence-corrected chi connectivity index (χ3v) is 3.99. The molecule has 1 fully saturated rings. The molecule has 2 heterocycles.